The molecule has 0 saturated carbocycles. The van der Waals surface area contributed by atoms with Crippen LogP contribution in [0.5, 0.6) is 0 Å². The van der Waals surface area contributed by atoms with Gasteiger partial charge in [-0.2, -0.15) is 0 Å². The van der Waals surface area contributed by atoms with Crippen molar-refractivity contribution < 1.29 is 37.6 Å². The van der Waals surface area contributed by atoms with E-state index in [1.807, 2.05) is 0 Å². The Kier molecular flexibility index (Phi) is 60.2. The second-order valence-corrected chi connectivity index (χ2v) is 22.0. The summed E-state index contributed by atoms with van der Waals surface area (Å²) in [5.74, 6) is -0.845. The lowest BCUT2D eigenvalue weighted by Crippen LogP contribution is -2.29. The van der Waals surface area contributed by atoms with Gasteiger partial charge >= 0.3 is 19.8 Å². The van der Waals surface area contributed by atoms with E-state index in [1.165, 1.54) is 89.9 Å². The SMILES string of the molecule is CC/C=C\C/C=C\C/C=C\C/C=C\C/C=C\C/C=C\C/C=C\CCCCCCCCCCCCCCCCCCCC(=O)OC(COC(=O)CCCCCCCC/C=C\C/C=C\C/C=C\C/C=C\CC)COP(=O)(O)OCCN. The first-order valence-corrected chi connectivity index (χ1v) is 33.2. The molecule has 0 aromatic rings. The van der Waals surface area contributed by atoms with Crippen LogP contribution in [0.1, 0.15) is 258 Å². The Balaban J connectivity index is 3.90. The molecule has 0 aromatic heterocycles. The summed E-state index contributed by atoms with van der Waals surface area (Å²) < 4.78 is 33.1. The summed E-state index contributed by atoms with van der Waals surface area (Å²) in [6.07, 6.45) is 89.5. The number of carbonyl (C=O) groups excluding carboxylic acids is 2. The molecule has 3 N–H and O–H groups in total. The second-order valence-electron chi connectivity index (χ2n) is 20.5. The predicted molar refractivity (Wildman–Crippen MR) is 339 cm³/mol. The number of phosphoric acid groups is 1. The van der Waals surface area contributed by atoms with Crippen LogP contribution in [0.15, 0.2) is 134 Å². The van der Waals surface area contributed by atoms with Gasteiger partial charge in [0.05, 0.1) is 13.2 Å². The monoisotopic (exact) mass is 1120 g/mol. The Hall–Kier alpha value is -3.85. The van der Waals surface area contributed by atoms with Gasteiger partial charge in [0.1, 0.15) is 6.61 Å². The van der Waals surface area contributed by atoms with Crippen molar-refractivity contribution in [3.05, 3.63) is 134 Å². The van der Waals surface area contributed by atoms with Crippen LogP contribution in [0.3, 0.4) is 0 Å². The van der Waals surface area contributed by atoms with Crippen LogP contribution < -0.4 is 5.73 Å². The molecule has 0 saturated heterocycles. The van der Waals surface area contributed by atoms with Crippen LogP contribution in [-0.2, 0) is 32.7 Å². The van der Waals surface area contributed by atoms with E-state index < -0.39 is 32.5 Å². The quantitative estimate of drug-likeness (QED) is 0.0264. The van der Waals surface area contributed by atoms with Crippen molar-refractivity contribution >= 4 is 19.8 Å². The molecule has 0 aliphatic heterocycles. The number of unbranched alkanes of at least 4 members (excludes halogenated alkanes) is 23. The van der Waals surface area contributed by atoms with E-state index in [0.717, 1.165) is 128 Å². The minimum atomic E-state index is -4.40. The van der Waals surface area contributed by atoms with Gasteiger partial charge in [0.15, 0.2) is 6.10 Å². The van der Waals surface area contributed by atoms with E-state index in [1.54, 1.807) is 0 Å². The van der Waals surface area contributed by atoms with Crippen molar-refractivity contribution in [2.24, 2.45) is 5.73 Å². The number of esters is 2. The van der Waals surface area contributed by atoms with Gasteiger partial charge in [-0.05, 0) is 109 Å². The molecule has 9 nitrogen and oxygen atoms in total. The van der Waals surface area contributed by atoms with Crippen molar-refractivity contribution in [1.82, 2.24) is 0 Å². The number of allylic oxidation sites excluding steroid dienone is 22. The highest BCUT2D eigenvalue weighted by molar-refractivity contribution is 7.47. The number of carbonyl (C=O) groups is 2. The predicted octanol–water partition coefficient (Wildman–Crippen LogP) is 20.5. The van der Waals surface area contributed by atoms with Gasteiger partial charge in [0.2, 0.25) is 0 Å². The summed E-state index contributed by atoms with van der Waals surface area (Å²) in [4.78, 5) is 35.2. The molecule has 10 heteroatoms. The van der Waals surface area contributed by atoms with Crippen LogP contribution in [0.2, 0.25) is 0 Å². The Morgan fingerprint density at radius 3 is 0.975 bits per heavy atom. The molecule has 0 radical (unpaired) electrons. The lowest BCUT2D eigenvalue weighted by atomic mass is 10.0. The van der Waals surface area contributed by atoms with Crippen LogP contribution in [-0.4, -0.2) is 49.3 Å². The maximum atomic E-state index is 12.7. The summed E-state index contributed by atoms with van der Waals surface area (Å²) in [5.41, 5.74) is 5.39. The maximum absolute atomic E-state index is 12.7. The molecule has 2 unspecified atom stereocenters. The molecule has 0 heterocycles. The molecule has 0 spiro atoms. The molecule has 0 aromatic carbocycles. The molecule has 450 valence electrons. The van der Waals surface area contributed by atoms with E-state index >= 15 is 0 Å². The third-order valence-corrected chi connectivity index (χ3v) is 14.0. The van der Waals surface area contributed by atoms with Crippen LogP contribution in [0, 0.1) is 0 Å². The fourth-order valence-electron chi connectivity index (χ4n) is 8.43. The summed E-state index contributed by atoms with van der Waals surface area (Å²) in [7, 11) is -4.40. The molecule has 0 rings (SSSR count). The van der Waals surface area contributed by atoms with Crippen LogP contribution in [0.25, 0.3) is 0 Å². The fourth-order valence-corrected chi connectivity index (χ4v) is 9.20. The van der Waals surface area contributed by atoms with E-state index in [4.69, 9.17) is 24.3 Å². The van der Waals surface area contributed by atoms with Crippen molar-refractivity contribution in [2.45, 2.75) is 264 Å². The average molecular weight is 1120 g/mol. The first-order chi connectivity index (χ1) is 38.8. The highest BCUT2D eigenvalue weighted by Crippen LogP contribution is 2.43. The zero-order valence-corrected chi connectivity index (χ0v) is 51.2. The average Bonchev–Trinajstić information content (AvgIpc) is 3.44. The zero-order chi connectivity index (χ0) is 57.3. The van der Waals surface area contributed by atoms with E-state index in [0.29, 0.717) is 12.8 Å². The normalized spacial score (nSPS) is 13.9. The maximum Gasteiger partial charge on any atom is 0.472 e. The number of rotatable bonds is 58. The van der Waals surface area contributed by atoms with Crippen molar-refractivity contribution in [3.8, 4) is 0 Å². The summed E-state index contributed by atoms with van der Waals surface area (Å²) in [6, 6.07) is 0. The van der Waals surface area contributed by atoms with Crippen LogP contribution >= 0.6 is 7.82 Å². The molecule has 0 fully saturated rings. The second kappa shape index (κ2) is 63.3. The number of hydrogen-bond acceptors (Lipinski definition) is 8. The third-order valence-electron chi connectivity index (χ3n) is 13.0. The molecule has 0 aliphatic rings. The van der Waals surface area contributed by atoms with Crippen molar-refractivity contribution in [3.63, 3.8) is 0 Å². The van der Waals surface area contributed by atoms with Gasteiger partial charge in [-0.15, -0.1) is 0 Å². The third kappa shape index (κ3) is 63.2. The Morgan fingerprint density at radius 1 is 0.380 bits per heavy atom. The molecule has 0 amide bonds. The summed E-state index contributed by atoms with van der Waals surface area (Å²) >= 11 is 0. The number of phosphoric ester groups is 1. The Labute approximate surface area is 484 Å². The van der Waals surface area contributed by atoms with Crippen molar-refractivity contribution in [2.75, 3.05) is 26.4 Å². The number of hydrogen-bond donors (Lipinski definition) is 2. The lowest BCUT2D eigenvalue weighted by molar-refractivity contribution is -0.161. The van der Waals surface area contributed by atoms with Gasteiger partial charge in [-0.3, -0.25) is 18.6 Å². The molecule has 79 heavy (non-hydrogen) atoms. The largest absolute Gasteiger partial charge is 0.472 e. The number of nitrogens with two attached hydrogens (primary N) is 1. The highest BCUT2D eigenvalue weighted by Gasteiger charge is 2.26. The minimum absolute atomic E-state index is 0.0463. The molecule has 0 bridgehead atoms. The molecule has 2 atom stereocenters. The first-order valence-electron chi connectivity index (χ1n) is 31.7. The zero-order valence-electron chi connectivity index (χ0n) is 50.3. The van der Waals surface area contributed by atoms with Gasteiger partial charge < -0.3 is 20.1 Å². The van der Waals surface area contributed by atoms with Gasteiger partial charge in [0.25, 0.3) is 0 Å². The first kappa shape index (κ1) is 75.2. The fraction of sp³-hybridized carbons (Fsp3) is 0.652. The molecule has 0 aliphatic carbocycles. The topological polar surface area (TPSA) is 134 Å². The Morgan fingerprint density at radius 2 is 0.658 bits per heavy atom. The van der Waals surface area contributed by atoms with Gasteiger partial charge in [0, 0.05) is 19.4 Å². The van der Waals surface area contributed by atoms with E-state index in [-0.39, 0.29) is 32.6 Å². The van der Waals surface area contributed by atoms with E-state index in [2.05, 4.69) is 148 Å². The summed E-state index contributed by atoms with van der Waals surface area (Å²) in [6.45, 7) is 3.50. The standard InChI is InChI=1S/C69H116NO8P/c1-3-5-7-9-11-13-15-17-19-21-23-24-25-26-27-28-29-30-31-32-33-34-35-36-37-38-39-40-41-42-44-46-48-50-52-54-56-58-60-62-69(72)78-67(66-77-79(73,74)76-64-63-70)65-75-68(71)61-59-57-55-53-51-49-47-45-43-22-20-18-16-14-12-10-8-6-4-2/h5-8,11-14,17-20,23-24,26-27,29-30,32-33,43,45,67H,3-4,9-10,15-16,21-22,25,28,31,34-42,44,46-66,70H2,1-2H3,(H,73,74)/b7-5-,8-6-,13-11-,14-12-,19-17-,20-18-,24-23-,27-26-,30-29-,33-32-,45-43-. The van der Waals surface area contributed by atoms with Gasteiger partial charge in [-0.25, -0.2) is 4.57 Å². The lowest BCUT2D eigenvalue weighted by Gasteiger charge is -2.19. The van der Waals surface area contributed by atoms with Gasteiger partial charge in [-0.1, -0.05) is 270 Å². The summed E-state index contributed by atoms with van der Waals surface area (Å²) in [5, 5.41) is 0. The van der Waals surface area contributed by atoms with E-state index in [9.17, 15) is 19.0 Å². The highest BCUT2D eigenvalue weighted by atomic mass is 31.2. The Bertz CT molecular complexity index is 1750. The smallest absolute Gasteiger partial charge is 0.462 e. The minimum Gasteiger partial charge on any atom is -0.462 e. The van der Waals surface area contributed by atoms with Crippen molar-refractivity contribution in [1.29, 1.82) is 0 Å². The molecular formula is C69H116NO8P. The molecular weight excluding hydrogens is 1000 g/mol. The van der Waals surface area contributed by atoms with Crippen LogP contribution in [0.4, 0.5) is 0 Å². The number of ether oxygens (including phenoxy) is 2.